The van der Waals surface area contributed by atoms with Gasteiger partial charge in [-0.25, -0.2) is 0 Å². The summed E-state index contributed by atoms with van der Waals surface area (Å²) in [4.78, 5) is 66.5. The minimum Gasteiger partial charge on any atom is -0.339 e. The Morgan fingerprint density at radius 1 is 0.197 bits per heavy atom. The normalized spacial score (nSPS) is 15.0. The Balaban J connectivity index is 0.851. The number of carbonyl (C=O) groups is 4. The molecule has 0 aromatic heterocycles. The molecule has 0 bridgehead atoms. The molecule has 4 unspecified atom stereocenters. The van der Waals surface area contributed by atoms with E-state index in [4.69, 9.17) is 0 Å². The van der Waals surface area contributed by atoms with Crippen LogP contribution in [0.25, 0.3) is 98.4 Å². The van der Waals surface area contributed by atoms with Crippen molar-refractivity contribution in [2.24, 2.45) is 0 Å². The molecule has 0 N–H and O–H groups in total. The van der Waals surface area contributed by atoms with E-state index >= 15 is 0 Å². The number of amides is 4. The number of hydrogen-bond acceptors (Lipinski definition) is 4. The first-order valence-electron chi connectivity index (χ1n) is 46.3. The second-order valence-corrected chi connectivity index (χ2v) is 35.2. The van der Waals surface area contributed by atoms with Gasteiger partial charge >= 0.3 is 0 Å². The van der Waals surface area contributed by atoms with Crippen molar-refractivity contribution in [3.05, 3.63) is 332 Å². The fourth-order valence-electron chi connectivity index (χ4n) is 21.2. The van der Waals surface area contributed by atoms with Crippen molar-refractivity contribution in [2.45, 2.75) is 182 Å². The number of fused-ring (bicyclic) bond motifs is 25. The number of hydrogen-bond donors (Lipinski definition) is 0. The zero-order valence-electron chi connectivity index (χ0n) is 72.8. The molecule has 0 saturated heterocycles. The quantitative estimate of drug-likeness (QED) is 0.0421. The number of carbonyl (C=O) groups excluding carboxylic acids is 4. The minimum atomic E-state index is -0.159. The van der Waals surface area contributed by atoms with Crippen LogP contribution < -0.4 is 0 Å². The molecule has 122 heavy (non-hydrogen) atoms. The lowest BCUT2D eigenvalue weighted by molar-refractivity contribution is 0.0743. The molecule has 8 nitrogen and oxygen atoms in total. The highest BCUT2D eigenvalue weighted by atomic mass is 16.2. The van der Waals surface area contributed by atoms with Crippen LogP contribution in [0, 0.1) is 0 Å². The first-order chi connectivity index (χ1) is 59.9. The van der Waals surface area contributed by atoms with E-state index in [-0.39, 0.29) is 47.3 Å². The lowest BCUT2D eigenvalue weighted by atomic mass is 9.85. The molecular formula is C114H116N4O4. The van der Waals surface area contributed by atoms with E-state index in [1.807, 2.05) is 0 Å². The van der Waals surface area contributed by atoms with Gasteiger partial charge in [-0.2, -0.15) is 0 Å². The van der Waals surface area contributed by atoms with Crippen LogP contribution in [0.1, 0.15) is 290 Å². The molecule has 0 saturated carbocycles. The van der Waals surface area contributed by atoms with Crippen LogP contribution >= 0.6 is 0 Å². The molecule has 4 aliphatic carbocycles. The Morgan fingerprint density at radius 2 is 0.369 bits per heavy atom. The van der Waals surface area contributed by atoms with Crippen LogP contribution in [0.2, 0.25) is 0 Å². The third-order valence-corrected chi connectivity index (χ3v) is 27.6. The van der Waals surface area contributed by atoms with Crippen LogP contribution in [0.3, 0.4) is 0 Å². The lowest BCUT2D eigenvalue weighted by Gasteiger charge is -2.23. The zero-order valence-corrected chi connectivity index (χ0v) is 72.8. The van der Waals surface area contributed by atoms with Gasteiger partial charge in [0.15, 0.2) is 0 Å². The fraction of sp³-hybridized carbons (Fsp3) is 0.316. The molecule has 14 aromatic rings. The van der Waals surface area contributed by atoms with Crippen molar-refractivity contribution in [1.82, 2.24) is 19.6 Å². The van der Waals surface area contributed by atoms with Crippen molar-refractivity contribution >= 4 is 77.5 Å². The molecule has 0 heterocycles. The molecule has 18 rings (SSSR count). The number of unbranched alkanes of at least 4 members (excludes halogenated alkanes) is 8. The van der Waals surface area contributed by atoms with Crippen LogP contribution in [0.5, 0.6) is 0 Å². The third-order valence-electron chi connectivity index (χ3n) is 27.6. The summed E-state index contributed by atoms with van der Waals surface area (Å²) in [5.74, 6) is -0.0764. The van der Waals surface area contributed by atoms with E-state index in [9.17, 15) is 19.2 Å². The summed E-state index contributed by atoms with van der Waals surface area (Å²) >= 11 is 0. The molecule has 616 valence electrons. The molecule has 8 heteroatoms. The van der Waals surface area contributed by atoms with Crippen LogP contribution in [-0.2, 0) is 0 Å². The maximum Gasteiger partial charge on any atom is 0.253 e. The summed E-state index contributed by atoms with van der Waals surface area (Å²) in [5.41, 5.74) is 27.5. The lowest BCUT2D eigenvalue weighted by Crippen LogP contribution is -2.32. The average molecular weight is 1610 g/mol. The van der Waals surface area contributed by atoms with Gasteiger partial charge in [-0.3, -0.25) is 19.2 Å². The molecule has 14 aromatic carbocycles. The minimum absolute atomic E-state index is 0.0809. The second-order valence-electron chi connectivity index (χ2n) is 35.2. The summed E-state index contributed by atoms with van der Waals surface area (Å²) in [5, 5.41) is 12.0. The zero-order chi connectivity index (χ0) is 83.8. The van der Waals surface area contributed by atoms with Crippen LogP contribution in [0.15, 0.2) is 243 Å². The van der Waals surface area contributed by atoms with E-state index in [0.717, 1.165) is 200 Å². The highest BCUT2D eigenvalue weighted by Gasteiger charge is 2.42. The molecule has 0 radical (unpaired) electrons. The number of rotatable bonds is 32. The Hall–Kier alpha value is -11.7. The van der Waals surface area contributed by atoms with E-state index in [1.54, 1.807) is 0 Å². The predicted molar refractivity (Wildman–Crippen MR) is 508 cm³/mol. The molecule has 0 fully saturated rings. The summed E-state index contributed by atoms with van der Waals surface area (Å²) in [7, 11) is 0. The fourth-order valence-corrected chi connectivity index (χ4v) is 21.2. The number of nitrogens with zero attached hydrogens (tertiary/aromatic N) is 4. The molecule has 4 amide bonds. The monoisotopic (exact) mass is 1600 g/mol. The van der Waals surface area contributed by atoms with E-state index in [2.05, 4.69) is 318 Å². The van der Waals surface area contributed by atoms with Crippen molar-refractivity contribution < 1.29 is 19.2 Å². The molecular weight excluding hydrogens is 1490 g/mol. The van der Waals surface area contributed by atoms with Crippen molar-refractivity contribution in [3.8, 4) is 44.5 Å². The maximum atomic E-state index is 14.7. The van der Waals surface area contributed by atoms with Gasteiger partial charge in [0.05, 0.1) is 0 Å². The summed E-state index contributed by atoms with van der Waals surface area (Å²) in [6.07, 6.45) is 16.0. The first kappa shape index (κ1) is 81.3. The van der Waals surface area contributed by atoms with Crippen LogP contribution in [0.4, 0.5) is 0 Å². The summed E-state index contributed by atoms with van der Waals surface area (Å²) in [6.45, 7) is 23.6. The standard InChI is InChI=1S/C114H116N4O4/c1-9-17-65-115(66-18-10-2)111(119)79-41-33-75(34-42-79)99-91-51-49-73-29-25-27-31-83(73)103(91)105-85-53-61-95-101(77-37-45-81(46-38-77)113(121)117(69-21-13-5)70-22-14-6)97-63-58-90-89(109(97)107(95)87(85)55-59-93(99)105)57-64-98-102(78-39-47-82(48-40-78)114(122)118(71-23-15-7)72-24-16-8)96-62-54-86-88(108(96)110(90)98)56-60-94-100(92-52-50-74-30-26-28-32-84(74)104(92)106(86)94)76-35-43-80(44-36-76)112(120)116(67-19-11-3)68-20-12-4/h25-64,99-102H,9-24,65-72H2,1-8H3. The summed E-state index contributed by atoms with van der Waals surface area (Å²) < 4.78 is 0. The summed E-state index contributed by atoms with van der Waals surface area (Å²) in [6, 6.07) is 91.0. The predicted octanol–water partition coefficient (Wildman–Crippen LogP) is 28.3. The number of benzene rings is 14. The van der Waals surface area contributed by atoms with Gasteiger partial charge < -0.3 is 19.6 Å². The maximum absolute atomic E-state index is 14.7. The van der Waals surface area contributed by atoms with Gasteiger partial charge in [0, 0.05) is 98.3 Å². The van der Waals surface area contributed by atoms with Crippen LogP contribution in [-0.4, -0.2) is 95.6 Å². The second kappa shape index (κ2) is 35.4. The van der Waals surface area contributed by atoms with Crippen molar-refractivity contribution in [3.63, 3.8) is 0 Å². The Morgan fingerprint density at radius 3 is 0.557 bits per heavy atom. The van der Waals surface area contributed by atoms with E-state index < -0.39 is 0 Å². The largest absolute Gasteiger partial charge is 0.339 e. The topological polar surface area (TPSA) is 81.2 Å². The van der Waals surface area contributed by atoms with Crippen molar-refractivity contribution in [2.75, 3.05) is 52.4 Å². The average Bonchev–Trinajstić information content (AvgIpc) is 1.53. The van der Waals surface area contributed by atoms with Gasteiger partial charge in [0.25, 0.3) is 23.6 Å². The first-order valence-corrected chi connectivity index (χ1v) is 46.3. The Kier molecular flexibility index (Phi) is 23.6. The molecule has 4 atom stereocenters. The van der Waals surface area contributed by atoms with Crippen molar-refractivity contribution in [1.29, 1.82) is 0 Å². The highest BCUT2D eigenvalue weighted by molar-refractivity contribution is 6.22. The molecule has 0 aliphatic heterocycles. The Labute approximate surface area is 722 Å². The third kappa shape index (κ3) is 14.4. The van der Waals surface area contributed by atoms with E-state index in [1.165, 1.54) is 143 Å². The molecule has 4 aliphatic rings. The smallest absolute Gasteiger partial charge is 0.253 e. The van der Waals surface area contributed by atoms with Gasteiger partial charge in [-0.05, 0) is 265 Å². The van der Waals surface area contributed by atoms with Gasteiger partial charge in [0.1, 0.15) is 0 Å². The van der Waals surface area contributed by atoms with E-state index in [0.29, 0.717) is 0 Å². The van der Waals surface area contributed by atoms with Gasteiger partial charge in [0.2, 0.25) is 0 Å². The Bertz CT molecular complexity index is 5920. The molecule has 0 spiro atoms. The highest BCUT2D eigenvalue weighted by Crippen LogP contribution is 2.62. The SMILES string of the molecule is CCCCN(CCCC)C(=O)c1ccc(C2c3ccc4ccccc4c3-c3c2ccc2c4c(ccc32)C(c2ccc(C(=O)N(CCCC)CCCC)cc2)c2ccc3c5c(ccc3c2-4)C(c2ccc(C(=O)N(CCCC)CCCC)cc2)c2ccc3c4c(ccc3c2-5)C(c2ccc(C(=O)N(CCCC)CCCC)cc2)c2ccc3ccccc3c2-4)cc1. The van der Waals surface area contributed by atoms with Gasteiger partial charge in [-0.15, -0.1) is 0 Å². The van der Waals surface area contributed by atoms with Gasteiger partial charge in [-0.1, -0.05) is 301 Å².